The van der Waals surface area contributed by atoms with Gasteiger partial charge in [0.05, 0.1) is 19.3 Å². The lowest BCUT2D eigenvalue weighted by molar-refractivity contribution is -0.139. The quantitative estimate of drug-likeness (QED) is 0.309. The molecule has 2 aromatic rings. The summed E-state index contributed by atoms with van der Waals surface area (Å²) in [6, 6.07) is 12.6. The third-order valence-corrected chi connectivity index (χ3v) is 6.93. The average molecular weight is 544 g/mol. The van der Waals surface area contributed by atoms with E-state index < -0.39 is 12.0 Å². The normalized spacial score (nSPS) is 15.2. The highest BCUT2D eigenvalue weighted by molar-refractivity contribution is 7.97. The maximum absolute atomic E-state index is 13.1. The van der Waals surface area contributed by atoms with Crippen LogP contribution in [0.2, 0.25) is 0 Å². The Bertz CT molecular complexity index is 1010. The summed E-state index contributed by atoms with van der Waals surface area (Å²) in [5.41, 5.74) is 4.18. The molecule has 0 bridgehead atoms. The average Bonchev–Trinajstić information content (AvgIpc) is 2.91. The van der Waals surface area contributed by atoms with Crippen molar-refractivity contribution in [2.45, 2.75) is 77.5 Å². The minimum Gasteiger partial charge on any atom is -0.480 e. The fraction of sp³-hybridized carbons (Fsp3) is 0.548. The maximum Gasteiger partial charge on any atom is 0.326 e. The number of hydrogen-bond acceptors (Lipinski definition) is 5. The Morgan fingerprint density at radius 2 is 1.76 bits per heavy atom. The van der Waals surface area contributed by atoms with Crippen molar-refractivity contribution in [1.82, 2.24) is 5.32 Å². The van der Waals surface area contributed by atoms with Gasteiger partial charge >= 0.3 is 5.97 Å². The van der Waals surface area contributed by atoms with Crippen molar-refractivity contribution in [3.63, 3.8) is 0 Å². The summed E-state index contributed by atoms with van der Waals surface area (Å²) in [5, 5.41) is 12.0. The molecule has 0 radical (unpaired) electrons. The molecule has 210 valence electrons. The fourth-order valence-corrected chi connectivity index (χ4v) is 4.93. The molecular weight excluding hydrogens is 498 g/mol. The minimum absolute atomic E-state index is 0.0360. The molecule has 2 N–H and O–H groups in total. The second-order valence-electron chi connectivity index (χ2n) is 10.0. The van der Waals surface area contributed by atoms with Crippen LogP contribution in [0.15, 0.2) is 42.5 Å². The molecule has 0 aromatic heterocycles. The zero-order valence-corrected chi connectivity index (χ0v) is 24.4. The molecule has 2 aromatic carbocycles. The maximum atomic E-state index is 13.1. The monoisotopic (exact) mass is 543 g/mol. The summed E-state index contributed by atoms with van der Waals surface area (Å²) in [7, 11) is 1.71. The van der Waals surface area contributed by atoms with Gasteiger partial charge in [0.15, 0.2) is 0 Å². The van der Waals surface area contributed by atoms with Gasteiger partial charge in [0.1, 0.15) is 6.04 Å². The van der Waals surface area contributed by atoms with Crippen molar-refractivity contribution >= 4 is 23.6 Å². The van der Waals surface area contributed by atoms with Crippen LogP contribution in [0.3, 0.4) is 0 Å². The molecular formula is C31H45NO5S. The summed E-state index contributed by atoms with van der Waals surface area (Å²) < 4.78 is 11.7. The van der Waals surface area contributed by atoms with Crippen molar-refractivity contribution < 1.29 is 24.2 Å². The number of methoxy groups -OCH3 is 1. The number of amides is 1. The molecule has 2 unspecified atom stereocenters. The molecule has 0 aliphatic heterocycles. The third kappa shape index (κ3) is 10.1. The van der Waals surface area contributed by atoms with Crippen LogP contribution in [-0.4, -0.2) is 55.4 Å². The first-order valence-corrected chi connectivity index (χ1v) is 15.2. The van der Waals surface area contributed by atoms with Gasteiger partial charge < -0.3 is 19.9 Å². The summed E-state index contributed by atoms with van der Waals surface area (Å²) in [6.07, 6.45) is 11.9. The number of rotatable bonds is 12. The summed E-state index contributed by atoms with van der Waals surface area (Å²) >= 11 is 1.75. The predicted octanol–water partition coefficient (Wildman–Crippen LogP) is 6.74. The van der Waals surface area contributed by atoms with Crippen LogP contribution in [0.1, 0.15) is 73.4 Å². The number of ether oxygens (including phenoxy) is 2. The topological polar surface area (TPSA) is 84.9 Å². The van der Waals surface area contributed by atoms with E-state index in [9.17, 15) is 14.7 Å². The molecule has 38 heavy (non-hydrogen) atoms. The second kappa shape index (κ2) is 17.3. The summed E-state index contributed by atoms with van der Waals surface area (Å²) in [5.74, 6) is -0.733. The van der Waals surface area contributed by atoms with Gasteiger partial charge in [-0.15, -0.1) is 0 Å². The second-order valence-corrected chi connectivity index (χ2v) is 10.8. The Hall–Kier alpha value is -2.35. The van der Waals surface area contributed by atoms with Crippen molar-refractivity contribution in [3.8, 4) is 11.1 Å². The number of carbonyl (C=O) groups is 2. The lowest BCUT2D eigenvalue weighted by Gasteiger charge is -2.26. The highest BCUT2D eigenvalue weighted by Crippen LogP contribution is 2.30. The SMILES string of the molecule is CCC(NC(=O)c1ccc(COC(COC)CC2CCCCC2)cc1-c1ccccc1C)C(=O)O.CSC. The van der Waals surface area contributed by atoms with Gasteiger partial charge in [-0.2, -0.15) is 11.8 Å². The van der Waals surface area contributed by atoms with Gasteiger partial charge in [-0.1, -0.05) is 69.4 Å². The van der Waals surface area contributed by atoms with Crippen LogP contribution in [0.5, 0.6) is 0 Å². The van der Waals surface area contributed by atoms with Crippen LogP contribution >= 0.6 is 11.8 Å². The molecule has 1 fully saturated rings. The zero-order valence-electron chi connectivity index (χ0n) is 23.6. The van der Waals surface area contributed by atoms with E-state index in [-0.39, 0.29) is 12.0 Å². The van der Waals surface area contributed by atoms with Gasteiger partial charge in [-0.25, -0.2) is 4.79 Å². The molecule has 7 heteroatoms. The number of benzene rings is 2. The highest BCUT2D eigenvalue weighted by Gasteiger charge is 2.23. The first kappa shape index (κ1) is 31.9. The number of hydrogen-bond donors (Lipinski definition) is 2. The van der Waals surface area contributed by atoms with Crippen molar-refractivity contribution in [3.05, 3.63) is 59.2 Å². The highest BCUT2D eigenvalue weighted by atomic mass is 32.2. The molecule has 0 spiro atoms. The van der Waals surface area contributed by atoms with E-state index in [1.807, 2.05) is 55.8 Å². The van der Waals surface area contributed by atoms with Gasteiger partial charge in [0, 0.05) is 12.7 Å². The van der Waals surface area contributed by atoms with Gasteiger partial charge in [0.25, 0.3) is 5.91 Å². The standard InChI is InChI=1S/C29H39NO5.C2H6S/c1-4-27(29(32)33)30-28(31)25-15-14-22(17-26(25)24-13-9-8-10-20(24)2)18-35-23(19-34-3)16-21-11-6-5-7-12-21;1-3-2/h8-10,13-15,17,21,23,27H,4-7,11-12,16,18-19H2,1-3H3,(H,30,31)(H,32,33);1-2H3. The van der Waals surface area contributed by atoms with E-state index in [0.717, 1.165) is 28.7 Å². The first-order chi connectivity index (χ1) is 18.3. The molecule has 1 aliphatic carbocycles. The third-order valence-electron chi connectivity index (χ3n) is 6.93. The summed E-state index contributed by atoms with van der Waals surface area (Å²) in [4.78, 5) is 24.5. The van der Waals surface area contributed by atoms with Gasteiger partial charge in [0.2, 0.25) is 0 Å². The Balaban J connectivity index is 0.00000161. The number of aliphatic carboxylic acids is 1. The van der Waals surface area contributed by atoms with Crippen molar-refractivity contribution in [2.75, 3.05) is 26.2 Å². The lowest BCUT2D eigenvalue weighted by Crippen LogP contribution is -2.40. The van der Waals surface area contributed by atoms with Crippen molar-refractivity contribution in [2.24, 2.45) is 5.92 Å². The minimum atomic E-state index is -1.04. The van der Waals surface area contributed by atoms with Crippen LogP contribution in [0.25, 0.3) is 11.1 Å². The number of carbonyl (C=O) groups excluding carboxylic acids is 1. The molecule has 3 rings (SSSR count). The number of aryl methyl sites for hydroxylation is 1. The predicted molar refractivity (Wildman–Crippen MR) is 157 cm³/mol. The molecule has 2 atom stereocenters. The zero-order chi connectivity index (χ0) is 27.9. The van der Waals surface area contributed by atoms with E-state index in [1.54, 1.807) is 31.9 Å². The number of carboxylic acid groups (broad SMARTS) is 1. The molecule has 1 saturated carbocycles. The number of carboxylic acids is 1. The Labute approximate surface area is 232 Å². The van der Waals surface area contributed by atoms with Crippen LogP contribution in [0.4, 0.5) is 0 Å². The van der Waals surface area contributed by atoms with Crippen LogP contribution in [0, 0.1) is 12.8 Å². The largest absolute Gasteiger partial charge is 0.480 e. The van der Waals surface area contributed by atoms with Crippen molar-refractivity contribution in [1.29, 1.82) is 0 Å². The Morgan fingerprint density at radius 3 is 2.37 bits per heavy atom. The number of thioether (sulfide) groups is 1. The Kier molecular flexibility index (Phi) is 14.5. The van der Waals surface area contributed by atoms with Gasteiger partial charge in [-0.05, 0) is 72.6 Å². The van der Waals surface area contributed by atoms with Gasteiger partial charge in [-0.3, -0.25) is 4.79 Å². The van der Waals surface area contributed by atoms with E-state index in [1.165, 1.54) is 32.1 Å². The molecule has 0 saturated heterocycles. The van der Waals surface area contributed by atoms with Crippen LogP contribution < -0.4 is 5.32 Å². The number of nitrogens with one attached hydrogen (secondary N) is 1. The van der Waals surface area contributed by atoms with E-state index >= 15 is 0 Å². The molecule has 1 aliphatic rings. The fourth-order valence-electron chi connectivity index (χ4n) is 4.93. The van der Waals surface area contributed by atoms with E-state index in [4.69, 9.17) is 9.47 Å². The smallest absolute Gasteiger partial charge is 0.326 e. The molecule has 1 amide bonds. The Morgan fingerprint density at radius 1 is 1.08 bits per heavy atom. The summed E-state index contributed by atoms with van der Waals surface area (Å²) in [6.45, 7) is 4.74. The molecule has 6 nitrogen and oxygen atoms in total. The first-order valence-electron chi connectivity index (χ1n) is 13.6. The lowest BCUT2D eigenvalue weighted by atomic mass is 9.85. The van der Waals surface area contributed by atoms with E-state index in [0.29, 0.717) is 31.1 Å². The van der Waals surface area contributed by atoms with Crippen LogP contribution in [-0.2, 0) is 20.9 Å². The van der Waals surface area contributed by atoms with E-state index in [2.05, 4.69) is 5.32 Å². The molecule has 0 heterocycles.